The first kappa shape index (κ1) is 15.0. The highest BCUT2D eigenvalue weighted by Gasteiger charge is 2.02. The van der Waals surface area contributed by atoms with Crippen molar-refractivity contribution < 1.29 is 9.47 Å². The lowest BCUT2D eigenvalue weighted by Crippen LogP contribution is -2.00. The van der Waals surface area contributed by atoms with Gasteiger partial charge in [0.2, 0.25) is 0 Å². The highest BCUT2D eigenvalue weighted by atomic mass is 35.5. The summed E-state index contributed by atoms with van der Waals surface area (Å²) in [5, 5.41) is 12.4. The second kappa shape index (κ2) is 7.41. The molecule has 0 bridgehead atoms. The lowest BCUT2D eigenvalue weighted by atomic mass is 10.2. The van der Waals surface area contributed by atoms with Gasteiger partial charge in [0.05, 0.1) is 12.1 Å². The Morgan fingerprint density at radius 3 is 2.81 bits per heavy atom. The number of nitrogens with one attached hydrogen (secondary N) is 1. The van der Waals surface area contributed by atoms with Gasteiger partial charge in [0, 0.05) is 18.3 Å². The molecule has 5 heteroatoms. The van der Waals surface area contributed by atoms with Crippen molar-refractivity contribution in [1.82, 2.24) is 0 Å². The van der Waals surface area contributed by atoms with Gasteiger partial charge < -0.3 is 14.8 Å². The fraction of sp³-hybridized carbons (Fsp3) is 0.188. The third-order valence-corrected chi connectivity index (χ3v) is 3.15. The van der Waals surface area contributed by atoms with Gasteiger partial charge in [0.25, 0.3) is 0 Å². The maximum absolute atomic E-state index is 8.50. The molecule has 1 N–H and O–H groups in total. The van der Waals surface area contributed by atoms with Crippen LogP contribution in [0.25, 0.3) is 0 Å². The predicted molar refractivity (Wildman–Crippen MR) is 82.9 cm³/mol. The van der Waals surface area contributed by atoms with Crippen molar-refractivity contribution in [2.24, 2.45) is 0 Å². The van der Waals surface area contributed by atoms with E-state index >= 15 is 0 Å². The van der Waals surface area contributed by atoms with Gasteiger partial charge in [-0.15, -0.1) is 0 Å². The molecule has 0 radical (unpaired) electrons. The number of ether oxygens (including phenoxy) is 2. The molecule has 0 heterocycles. The van der Waals surface area contributed by atoms with E-state index in [4.69, 9.17) is 26.3 Å². The van der Waals surface area contributed by atoms with Gasteiger partial charge in [-0.1, -0.05) is 23.7 Å². The molecule has 0 aliphatic carbocycles. The van der Waals surface area contributed by atoms with Crippen molar-refractivity contribution >= 4 is 17.3 Å². The van der Waals surface area contributed by atoms with Gasteiger partial charge in [0.1, 0.15) is 17.6 Å². The Labute approximate surface area is 128 Å². The van der Waals surface area contributed by atoms with Gasteiger partial charge in [-0.3, -0.25) is 0 Å². The molecule has 0 aliphatic heterocycles. The molecule has 0 amide bonds. The van der Waals surface area contributed by atoms with E-state index in [1.807, 2.05) is 48.5 Å². The van der Waals surface area contributed by atoms with E-state index < -0.39 is 0 Å². The van der Waals surface area contributed by atoms with E-state index in [-0.39, 0.29) is 6.61 Å². The van der Waals surface area contributed by atoms with E-state index in [1.54, 1.807) is 7.11 Å². The number of anilines is 1. The molecule has 0 aromatic heterocycles. The van der Waals surface area contributed by atoms with Crippen LogP contribution in [0, 0.1) is 11.3 Å². The standard InChI is InChI=1S/C16H15ClN2O2/c1-20-16-6-5-12(9-15(16)17)11-19-13-3-2-4-14(10-13)21-8-7-18/h2-6,9-10,19H,8,11H2,1H3. The Morgan fingerprint density at radius 1 is 1.24 bits per heavy atom. The second-order valence-corrected chi connectivity index (χ2v) is 4.70. The van der Waals surface area contributed by atoms with Crippen molar-refractivity contribution in [3.8, 4) is 17.6 Å². The zero-order valence-corrected chi connectivity index (χ0v) is 12.4. The normalized spacial score (nSPS) is 9.76. The zero-order valence-electron chi connectivity index (χ0n) is 11.6. The maximum atomic E-state index is 8.50. The SMILES string of the molecule is COc1ccc(CNc2cccc(OCC#N)c2)cc1Cl. The van der Waals surface area contributed by atoms with Crippen molar-refractivity contribution in [3.05, 3.63) is 53.1 Å². The van der Waals surface area contributed by atoms with Crippen LogP contribution in [0.15, 0.2) is 42.5 Å². The third kappa shape index (κ3) is 4.30. The van der Waals surface area contributed by atoms with Crippen molar-refractivity contribution in [2.75, 3.05) is 19.0 Å². The molecular weight excluding hydrogens is 288 g/mol. The molecule has 0 unspecified atom stereocenters. The summed E-state index contributed by atoms with van der Waals surface area (Å²) >= 11 is 6.09. The van der Waals surface area contributed by atoms with Crippen LogP contribution in [0.3, 0.4) is 0 Å². The Morgan fingerprint density at radius 2 is 2.10 bits per heavy atom. The Bertz CT molecular complexity index is 653. The number of hydrogen-bond donors (Lipinski definition) is 1. The van der Waals surface area contributed by atoms with Crippen LogP contribution in [0.4, 0.5) is 5.69 Å². The number of hydrogen-bond acceptors (Lipinski definition) is 4. The van der Waals surface area contributed by atoms with E-state index in [1.165, 1.54) is 0 Å². The summed E-state index contributed by atoms with van der Waals surface area (Å²) < 4.78 is 10.4. The van der Waals surface area contributed by atoms with E-state index in [0.717, 1.165) is 11.3 Å². The molecule has 2 rings (SSSR count). The summed E-state index contributed by atoms with van der Waals surface area (Å²) in [6.07, 6.45) is 0. The molecule has 21 heavy (non-hydrogen) atoms. The summed E-state index contributed by atoms with van der Waals surface area (Å²) in [5.74, 6) is 1.32. The van der Waals surface area contributed by atoms with Gasteiger partial charge in [-0.05, 0) is 29.8 Å². The summed E-state index contributed by atoms with van der Waals surface area (Å²) in [6, 6.07) is 15.1. The molecule has 0 spiro atoms. The fourth-order valence-corrected chi connectivity index (χ4v) is 2.12. The lowest BCUT2D eigenvalue weighted by Gasteiger charge is -2.10. The van der Waals surface area contributed by atoms with Crippen LogP contribution < -0.4 is 14.8 Å². The predicted octanol–water partition coefficient (Wildman–Crippen LogP) is 3.86. The molecule has 0 aliphatic rings. The fourth-order valence-electron chi connectivity index (χ4n) is 1.84. The zero-order chi connectivity index (χ0) is 15.1. The average Bonchev–Trinajstić information content (AvgIpc) is 2.51. The highest BCUT2D eigenvalue weighted by Crippen LogP contribution is 2.25. The molecule has 0 atom stereocenters. The molecule has 0 saturated heterocycles. The summed E-state index contributed by atoms with van der Waals surface area (Å²) in [6.45, 7) is 0.670. The van der Waals surface area contributed by atoms with E-state index in [9.17, 15) is 0 Å². The number of methoxy groups -OCH3 is 1. The van der Waals surface area contributed by atoms with Crippen LogP contribution in [0.5, 0.6) is 11.5 Å². The first-order valence-electron chi connectivity index (χ1n) is 6.39. The van der Waals surface area contributed by atoms with Crippen LogP contribution in [0.2, 0.25) is 5.02 Å². The number of nitrogens with zero attached hydrogens (tertiary/aromatic N) is 1. The van der Waals surface area contributed by atoms with Crippen molar-refractivity contribution in [2.45, 2.75) is 6.54 Å². The largest absolute Gasteiger partial charge is 0.495 e. The molecule has 4 nitrogen and oxygen atoms in total. The molecule has 0 saturated carbocycles. The monoisotopic (exact) mass is 302 g/mol. The molecular formula is C16H15ClN2O2. The molecule has 0 fully saturated rings. The lowest BCUT2D eigenvalue weighted by molar-refractivity contribution is 0.368. The smallest absolute Gasteiger partial charge is 0.174 e. The number of nitriles is 1. The Balaban J connectivity index is 1.99. The van der Waals surface area contributed by atoms with E-state index in [0.29, 0.717) is 23.1 Å². The van der Waals surface area contributed by atoms with Gasteiger partial charge in [0.15, 0.2) is 6.61 Å². The van der Waals surface area contributed by atoms with Crippen LogP contribution in [-0.4, -0.2) is 13.7 Å². The summed E-state index contributed by atoms with van der Waals surface area (Å²) in [7, 11) is 1.59. The van der Waals surface area contributed by atoms with Gasteiger partial charge in [-0.2, -0.15) is 5.26 Å². The van der Waals surface area contributed by atoms with Crippen LogP contribution >= 0.6 is 11.6 Å². The van der Waals surface area contributed by atoms with Gasteiger partial charge in [-0.25, -0.2) is 0 Å². The second-order valence-electron chi connectivity index (χ2n) is 4.30. The number of benzene rings is 2. The van der Waals surface area contributed by atoms with Crippen molar-refractivity contribution in [3.63, 3.8) is 0 Å². The molecule has 2 aromatic carbocycles. The Hall–Kier alpha value is -2.38. The van der Waals surface area contributed by atoms with Gasteiger partial charge >= 0.3 is 0 Å². The minimum Gasteiger partial charge on any atom is -0.495 e. The van der Waals surface area contributed by atoms with E-state index in [2.05, 4.69) is 5.32 Å². The summed E-state index contributed by atoms with van der Waals surface area (Å²) in [4.78, 5) is 0. The minimum atomic E-state index is 0.0392. The first-order chi connectivity index (χ1) is 10.2. The van der Waals surface area contributed by atoms with Crippen LogP contribution in [-0.2, 0) is 6.54 Å². The minimum absolute atomic E-state index is 0.0392. The number of rotatable bonds is 6. The number of halogens is 1. The van der Waals surface area contributed by atoms with Crippen molar-refractivity contribution in [1.29, 1.82) is 5.26 Å². The maximum Gasteiger partial charge on any atom is 0.174 e. The highest BCUT2D eigenvalue weighted by molar-refractivity contribution is 6.32. The topological polar surface area (TPSA) is 54.3 Å². The quantitative estimate of drug-likeness (QED) is 0.880. The third-order valence-electron chi connectivity index (χ3n) is 2.85. The average molecular weight is 303 g/mol. The van der Waals surface area contributed by atoms with Crippen LogP contribution in [0.1, 0.15) is 5.56 Å². The molecule has 2 aromatic rings. The Kier molecular flexibility index (Phi) is 5.30. The summed E-state index contributed by atoms with van der Waals surface area (Å²) in [5.41, 5.74) is 1.96. The first-order valence-corrected chi connectivity index (χ1v) is 6.77. The molecule has 108 valence electrons.